The molecule has 0 aromatic heterocycles. The lowest BCUT2D eigenvalue weighted by atomic mass is 9.89. The van der Waals surface area contributed by atoms with Crippen molar-refractivity contribution < 1.29 is 27.4 Å². The van der Waals surface area contributed by atoms with Gasteiger partial charge in [-0.05, 0) is 42.5 Å². The quantitative estimate of drug-likeness (QED) is 0.493. The summed E-state index contributed by atoms with van der Waals surface area (Å²) in [5.41, 5.74) is 1.93. The second-order valence-electron chi connectivity index (χ2n) is 8.97. The van der Waals surface area contributed by atoms with Gasteiger partial charge in [-0.25, -0.2) is 0 Å². The third kappa shape index (κ3) is 4.70. The number of ether oxygens (including phenoxy) is 2. The minimum atomic E-state index is -4.75. The minimum absolute atomic E-state index is 0.0908. The van der Waals surface area contributed by atoms with E-state index in [-0.39, 0.29) is 11.7 Å². The van der Waals surface area contributed by atoms with E-state index in [9.17, 15) is 18.0 Å². The van der Waals surface area contributed by atoms with Gasteiger partial charge in [-0.1, -0.05) is 30.3 Å². The van der Waals surface area contributed by atoms with E-state index in [0.29, 0.717) is 49.4 Å². The minimum Gasteiger partial charge on any atom is -0.497 e. The van der Waals surface area contributed by atoms with Gasteiger partial charge < -0.3 is 14.8 Å². The van der Waals surface area contributed by atoms with Crippen LogP contribution < -0.4 is 19.7 Å². The summed E-state index contributed by atoms with van der Waals surface area (Å²) in [5.74, 6) is 0.414. The monoisotopic (exact) mass is 497 g/mol. The number of carbonyl (C=O) groups excluding carboxylic acids is 1. The summed E-state index contributed by atoms with van der Waals surface area (Å²) in [6.45, 7) is 1.47. The van der Waals surface area contributed by atoms with Crippen LogP contribution in [0.3, 0.4) is 0 Å². The predicted octanol–water partition coefficient (Wildman–Crippen LogP) is 5.66. The number of carbonyl (C=O) groups is 1. The molecule has 1 spiro atoms. The number of hydrogen-bond acceptors (Lipinski definition) is 5. The number of alkyl halides is 3. The fourth-order valence-corrected chi connectivity index (χ4v) is 5.02. The van der Waals surface area contributed by atoms with Crippen molar-refractivity contribution >= 4 is 17.3 Å². The second kappa shape index (κ2) is 9.39. The molecular weight excluding hydrogens is 471 g/mol. The Labute approximate surface area is 207 Å². The maximum atomic E-state index is 13.7. The first-order chi connectivity index (χ1) is 17.3. The number of nitrogens with zero attached hydrogens (tertiary/aromatic N) is 2. The molecule has 0 atom stereocenters. The highest BCUT2D eigenvalue weighted by molar-refractivity contribution is 6.12. The van der Waals surface area contributed by atoms with E-state index in [4.69, 9.17) is 4.74 Å². The van der Waals surface area contributed by atoms with Crippen LogP contribution in [-0.2, 0) is 6.54 Å². The van der Waals surface area contributed by atoms with Gasteiger partial charge >= 0.3 is 6.36 Å². The first-order valence-electron chi connectivity index (χ1n) is 11.7. The van der Waals surface area contributed by atoms with E-state index in [1.165, 1.54) is 12.1 Å². The van der Waals surface area contributed by atoms with Crippen molar-refractivity contribution in [3.05, 3.63) is 83.9 Å². The Morgan fingerprint density at radius 1 is 0.944 bits per heavy atom. The summed E-state index contributed by atoms with van der Waals surface area (Å²) in [5, 5.41) is 3.62. The lowest BCUT2D eigenvalue weighted by Crippen LogP contribution is -2.64. The Balaban J connectivity index is 1.40. The fraction of sp³-hybridized carbons (Fsp3) is 0.296. The maximum Gasteiger partial charge on any atom is 0.573 e. The highest BCUT2D eigenvalue weighted by Gasteiger charge is 2.47. The number of benzene rings is 3. The fourth-order valence-electron chi connectivity index (χ4n) is 5.02. The average Bonchev–Trinajstić information content (AvgIpc) is 2.86. The standard InChI is InChI=1S/C27H26F3N3O3/c1-35-21-12-10-20(11-13-21)33-25(34)22-7-3-4-8-23(22)31-26(33)14-16-32(17-15-26)18-19-6-2-5-9-24(19)36-27(28,29)30/h2-13,31H,14-18H2,1H3. The van der Waals surface area contributed by atoms with Gasteiger partial charge in [0, 0.05) is 49.4 Å². The van der Waals surface area contributed by atoms with Crippen LogP contribution in [0.5, 0.6) is 11.5 Å². The van der Waals surface area contributed by atoms with Crippen molar-refractivity contribution in [2.45, 2.75) is 31.4 Å². The first kappa shape index (κ1) is 24.0. The molecule has 0 saturated carbocycles. The second-order valence-corrected chi connectivity index (χ2v) is 8.97. The molecule has 36 heavy (non-hydrogen) atoms. The number of likely N-dealkylation sites (tertiary alicyclic amines) is 1. The van der Waals surface area contributed by atoms with Crippen LogP contribution in [0.15, 0.2) is 72.8 Å². The van der Waals surface area contributed by atoms with Gasteiger partial charge in [0.15, 0.2) is 0 Å². The molecule has 0 unspecified atom stereocenters. The van der Waals surface area contributed by atoms with E-state index in [1.54, 1.807) is 25.3 Å². The average molecular weight is 498 g/mol. The number of anilines is 2. The van der Waals surface area contributed by atoms with Gasteiger partial charge in [-0.3, -0.25) is 14.6 Å². The largest absolute Gasteiger partial charge is 0.573 e. The molecule has 5 rings (SSSR count). The molecular formula is C27H26F3N3O3. The van der Waals surface area contributed by atoms with Crippen LogP contribution >= 0.6 is 0 Å². The third-order valence-electron chi connectivity index (χ3n) is 6.76. The molecule has 1 N–H and O–H groups in total. The van der Waals surface area contributed by atoms with Crippen molar-refractivity contribution in [1.82, 2.24) is 4.90 Å². The van der Waals surface area contributed by atoms with Gasteiger partial charge in [0.05, 0.1) is 12.7 Å². The van der Waals surface area contributed by atoms with Gasteiger partial charge in [0.2, 0.25) is 0 Å². The molecule has 6 nitrogen and oxygen atoms in total. The van der Waals surface area contributed by atoms with Crippen LogP contribution in [0.25, 0.3) is 0 Å². The molecule has 9 heteroatoms. The highest BCUT2D eigenvalue weighted by Crippen LogP contribution is 2.41. The number of para-hydroxylation sites is 2. The molecule has 2 aliphatic rings. The molecule has 3 aromatic carbocycles. The van der Waals surface area contributed by atoms with Gasteiger partial charge in [-0.15, -0.1) is 13.2 Å². The molecule has 2 heterocycles. The number of methoxy groups -OCH3 is 1. The molecule has 3 aromatic rings. The Bertz CT molecular complexity index is 1240. The summed E-state index contributed by atoms with van der Waals surface area (Å²) in [4.78, 5) is 17.6. The van der Waals surface area contributed by atoms with Crippen molar-refractivity contribution in [3.8, 4) is 11.5 Å². The molecule has 0 aliphatic carbocycles. The third-order valence-corrected chi connectivity index (χ3v) is 6.76. The SMILES string of the molecule is COc1ccc(N2C(=O)c3ccccc3NC23CCN(Cc2ccccc2OC(F)(F)F)CC3)cc1. The first-order valence-corrected chi connectivity index (χ1v) is 11.7. The Hall–Kier alpha value is -3.72. The van der Waals surface area contributed by atoms with E-state index < -0.39 is 12.0 Å². The summed E-state index contributed by atoms with van der Waals surface area (Å²) in [7, 11) is 1.59. The van der Waals surface area contributed by atoms with Crippen molar-refractivity contribution in [1.29, 1.82) is 0 Å². The van der Waals surface area contributed by atoms with Gasteiger partial charge in [0.1, 0.15) is 17.2 Å². The molecule has 2 aliphatic heterocycles. The normalized spacial score (nSPS) is 17.4. The number of halogens is 3. The van der Waals surface area contributed by atoms with Crippen LogP contribution in [0.2, 0.25) is 0 Å². The topological polar surface area (TPSA) is 54.0 Å². The number of nitrogens with one attached hydrogen (secondary N) is 1. The number of piperidine rings is 1. The molecule has 1 fully saturated rings. The smallest absolute Gasteiger partial charge is 0.497 e. The van der Waals surface area contributed by atoms with Crippen molar-refractivity contribution in [2.24, 2.45) is 0 Å². The van der Waals surface area contributed by atoms with Crippen molar-refractivity contribution in [3.63, 3.8) is 0 Å². The highest BCUT2D eigenvalue weighted by atomic mass is 19.4. The van der Waals surface area contributed by atoms with E-state index in [1.807, 2.05) is 47.4 Å². The number of hydrogen-bond donors (Lipinski definition) is 1. The van der Waals surface area contributed by atoms with E-state index >= 15 is 0 Å². The molecule has 0 radical (unpaired) electrons. The van der Waals surface area contributed by atoms with E-state index in [2.05, 4.69) is 15.0 Å². The predicted molar refractivity (Wildman–Crippen MR) is 130 cm³/mol. The lowest BCUT2D eigenvalue weighted by molar-refractivity contribution is -0.275. The van der Waals surface area contributed by atoms with Crippen molar-refractivity contribution in [2.75, 3.05) is 30.4 Å². The Kier molecular flexibility index (Phi) is 6.26. The number of fused-ring (bicyclic) bond motifs is 1. The van der Waals surface area contributed by atoms with Crippen LogP contribution in [0.1, 0.15) is 28.8 Å². The van der Waals surface area contributed by atoms with Crippen LogP contribution in [-0.4, -0.2) is 43.0 Å². The van der Waals surface area contributed by atoms with E-state index in [0.717, 1.165) is 11.4 Å². The Morgan fingerprint density at radius 3 is 2.31 bits per heavy atom. The van der Waals surface area contributed by atoms with Crippen LogP contribution in [0, 0.1) is 0 Å². The Morgan fingerprint density at radius 2 is 1.61 bits per heavy atom. The molecule has 0 bridgehead atoms. The summed E-state index contributed by atoms with van der Waals surface area (Å²) in [6.07, 6.45) is -3.58. The molecule has 188 valence electrons. The summed E-state index contributed by atoms with van der Waals surface area (Å²) in [6, 6.07) is 21.0. The van der Waals surface area contributed by atoms with Gasteiger partial charge in [0.25, 0.3) is 5.91 Å². The zero-order chi connectivity index (χ0) is 25.3. The summed E-state index contributed by atoms with van der Waals surface area (Å²) >= 11 is 0. The zero-order valence-corrected chi connectivity index (χ0v) is 19.7. The summed E-state index contributed by atoms with van der Waals surface area (Å²) < 4.78 is 48.1. The zero-order valence-electron chi connectivity index (χ0n) is 19.7. The lowest BCUT2D eigenvalue weighted by Gasteiger charge is -2.52. The molecule has 1 amide bonds. The number of amides is 1. The maximum absolute atomic E-state index is 13.7. The number of rotatable bonds is 5. The van der Waals surface area contributed by atoms with Gasteiger partial charge in [-0.2, -0.15) is 0 Å². The van der Waals surface area contributed by atoms with Crippen LogP contribution in [0.4, 0.5) is 24.5 Å². The molecule has 1 saturated heterocycles.